The number of carbonyl (C=O) groups is 2. The molecule has 2 rings (SSSR count). The Bertz CT molecular complexity index is 601. The molecule has 5 nitrogen and oxygen atoms in total. The molecule has 0 radical (unpaired) electrons. The lowest BCUT2D eigenvalue weighted by atomic mass is 9.72. The van der Waals surface area contributed by atoms with Gasteiger partial charge in [-0.05, 0) is 43.6 Å². The average Bonchev–Trinajstić information content (AvgIpc) is 2.61. The van der Waals surface area contributed by atoms with Gasteiger partial charge in [-0.3, -0.25) is 4.90 Å². The minimum atomic E-state index is -1.15. The van der Waals surface area contributed by atoms with Crippen LogP contribution in [0, 0.1) is 11.8 Å². The van der Waals surface area contributed by atoms with Crippen LogP contribution in [0.1, 0.15) is 58.4 Å². The fraction of sp³-hybridized carbons (Fsp3) is 0.619. The van der Waals surface area contributed by atoms with Crippen LogP contribution in [0.4, 0.5) is 4.79 Å². The number of nitrogens with zero attached hydrogens (tertiary/aromatic N) is 1. The van der Waals surface area contributed by atoms with Gasteiger partial charge in [-0.15, -0.1) is 0 Å². The van der Waals surface area contributed by atoms with Crippen LogP contribution in [-0.4, -0.2) is 34.2 Å². The van der Waals surface area contributed by atoms with E-state index < -0.39 is 17.6 Å². The lowest BCUT2D eigenvalue weighted by Gasteiger charge is -2.44. The van der Waals surface area contributed by atoms with E-state index in [0.29, 0.717) is 31.2 Å². The topological polar surface area (TPSA) is 66.8 Å². The van der Waals surface area contributed by atoms with Crippen LogP contribution in [0.15, 0.2) is 30.3 Å². The van der Waals surface area contributed by atoms with E-state index in [1.54, 1.807) is 0 Å². The first-order valence-corrected chi connectivity index (χ1v) is 9.60. The number of ether oxygens (including phenoxy) is 1. The third kappa shape index (κ3) is 4.77. The monoisotopic (exact) mass is 361 g/mol. The average molecular weight is 361 g/mol. The van der Waals surface area contributed by atoms with E-state index in [0.717, 1.165) is 24.8 Å². The molecular formula is C21H31NO4. The molecule has 1 N–H and O–H groups in total. The van der Waals surface area contributed by atoms with Crippen molar-refractivity contribution in [1.82, 2.24) is 4.90 Å². The summed E-state index contributed by atoms with van der Waals surface area (Å²) >= 11 is 0. The molecule has 1 fully saturated rings. The number of hydrogen-bond acceptors (Lipinski definition) is 3. The molecule has 0 aliphatic heterocycles. The van der Waals surface area contributed by atoms with Crippen molar-refractivity contribution in [3.8, 4) is 0 Å². The number of likely N-dealkylation sites (N-methyl/N-ethyl adjacent to an activating group) is 1. The van der Waals surface area contributed by atoms with Gasteiger partial charge in [0, 0.05) is 6.54 Å². The molecule has 2 unspecified atom stereocenters. The molecule has 26 heavy (non-hydrogen) atoms. The van der Waals surface area contributed by atoms with Crippen molar-refractivity contribution in [1.29, 1.82) is 0 Å². The van der Waals surface area contributed by atoms with Crippen LogP contribution >= 0.6 is 0 Å². The molecule has 0 spiro atoms. The predicted octanol–water partition coefficient (Wildman–Crippen LogP) is 4.70. The number of carboxylic acids is 1. The highest BCUT2D eigenvalue weighted by molar-refractivity contribution is 5.84. The van der Waals surface area contributed by atoms with Crippen molar-refractivity contribution < 1.29 is 19.4 Å². The summed E-state index contributed by atoms with van der Waals surface area (Å²) in [5.41, 5.74) is -0.261. The molecule has 1 aromatic rings. The van der Waals surface area contributed by atoms with E-state index in [-0.39, 0.29) is 6.61 Å². The molecule has 0 saturated heterocycles. The molecule has 2 atom stereocenters. The highest BCUT2D eigenvalue weighted by atomic mass is 16.6. The van der Waals surface area contributed by atoms with E-state index >= 15 is 0 Å². The van der Waals surface area contributed by atoms with E-state index in [2.05, 4.69) is 13.8 Å². The maximum absolute atomic E-state index is 12.7. The first kappa shape index (κ1) is 20.3. The van der Waals surface area contributed by atoms with Crippen molar-refractivity contribution in [3.63, 3.8) is 0 Å². The second-order valence-corrected chi connectivity index (χ2v) is 7.71. The van der Waals surface area contributed by atoms with Crippen LogP contribution in [-0.2, 0) is 16.1 Å². The Labute approximate surface area is 156 Å². The number of carboxylic acid groups (broad SMARTS) is 1. The summed E-state index contributed by atoms with van der Waals surface area (Å²) in [6.07, 6.45) is 3.31. The Balaban J connectivity index is 2.14. The zero-order valence-electron chi connectivity index (χ0n) is 16.1. The molecule has 1 aliphatic rings. The molecule has 0 bridgehead atoms. The van der Waals surface area contributed by atoms with Gasteiger partial charge in [0.05, 0.1) is 0 Å². The number of amides is 1. The Morgan fingerprint density at radius 3 is 2.58 bits per heavy atom. The first-order chi connectivity index (χ1) is 12.4. The SMILES string of the molecule is CCN(C(=O)OCc1ccccc1)C1(C(=O)O)CCCC(CC(C)C)C1. The van der Waals surface area contributed by atoms with Crippen molar-refractivity contribution in [3.05, 3.63) is 35.9 Å². The van der Waals surface area contributed by atoms with E-state index in [1.165, 1.54) is 4.90 Å². The van der Waals surface area contributed by atoms with Crippen LogP contribution in [0.5, 0.6) is 0 Å². The molecule has 0 heterocycles. The van der Waals surface area contributed by atoms with Gasteiger partial charge >= 0.3 is 12.1 Å². The number of hydrogen-bond donors (Lipinski definition) is 1. The van der Waals surface area contributed by atoms with Gasteiger partial charge in [0.1, 0.15) is 12.1 Å². The van der Waals surface area contributed by atoms with Crippen LogP contribution < -0.4 is 0 Å². The number of carbonyl (C=O) groups excluding carboxylic acids is 1. The van der Waals surface area contributed by atoms with Crippen molar-refractivity contribution in [2.24, 2.45) is 11.8 Å². The van der Waals surface area contributed by atoms with Crippen molar-refractivity contribution in [2.45, 2.75) is 65.0 Å². The number of rotatable bonds is 7. The molecular weight excluding hydrogens is 330 g/mol. The molecule has 1 aromatic carbocycles. The Morgan fingerprint density at radius 1 is 1.31 bits per heavy atom. The van der Waals surface area contributed by atoms with E-state index in [9.17, 15) is 14.7 Å². The van der Waals surface area contributed by atoms with Crippen LogP contribution in [0.3, 0.4) is 0 Å². The molecule has 0 aromatic heterocycles. The lowest BCUT2D eigenvalue weighted by molar-refractivity contribution is -0.154. The maximum Gasteiger partial charge on any atom is 0.411 e. The van der Waals surface area contributed by atoms with Gasteiger partial charge < -0.3 is 9.84 Å². The number of benzene rings is 1. The standard InChI is InChI=1S/C21H31NO4/c1-4-22(20(25)26-15-17-9-6-5-7-10-17)21(19(23)24)12-8-11-18(14-21)13-16(2)3/h5-7,9-10,16,18H,4,8,11-15H2,1-3H3,(H,23,24). The zero-order valence-corrected chi connectivity index (χ0v) is 16.1. The second kappa shape index (κ2) is 9.06. The first-order valence-electron chi connectivity index (χ1n) is 9.60. The van der Waals surface area contributed by atoms with Gasteiger partial charge in [0.15, 0.2) is 0 Å². The summed E-state index contributed by atoms with van der Waals surface area (Å²) in [5.74, 6) is -0.0648. The largest absolute Gasteiger partial charge is 0.479 e. The van der Waals surface area contributed by atoms with Gasteiger partial charge in [-0.1, -0.05) is 57.0 Å². The molecule has 5 heteroatoms. The molecule has 1 aliphatic carbocycles. The second-order valence-electron chi connectivity index (χ2n) is 7.71. The summed E-state index contributed by atoms with van der Waals surface area (Å²) < 4.78 is 5.45. The third-order valence-corrected chi connectivity index (χ3v) is 5.29. The number of aliphatic carboxylic acids is 1. The summed E-state index contributed by atoms with van der Waals surface area (Å²) in [7, 11) is 0. The third-order valence-electron chi connectivity index (χ3n) is 5.29. The Kier molecular flexibility index (Phi) is 7.06. The van der Waals surface area contributed by atoms with Gasteiger partial charge in [-0.2, -0.15) is 0 Å². The van der Waals surface area contributed by atoms with Gasteiger partial charge in [0.2, 0.25) is 0 Å². The summed E-state index contributed by atoms with van der Waals surface area (Å²) in [6.45, 7) is 6.61. The molecule has 144 valence electrons. The van der Waals surface area contributed by atoms with Crippen LogP contribution in [0.25, 0.3) is 0 Å². The summed E-state index contributed by atoms with van der Waals surface area (Å²) in [6, 6.07) is 9.44. The fourth-order valence-corrected chi connectivity index (χ4v) is 4.19. The maximum atomic E-state index is 12.7. The molecule has 1 saturated carbocycles. The van der Waals surface area contributed by atoms with E-state index in [1.807, 2.05) is 37.3 Å². The highest BCUT2D eigenvalue weighted by Crippen LogP contribution is 2.40. The van der Waals surface area contributed by atoms with Crippen molar-refractivity contribution >= 4 is 12.1 Å². The molecule has 1 amide bonds. The lowest BCUT2D eigenvalue weighted by Crippen LogP contribution is -2.59. The Morgan fingerprint density at radius 2 is 2.00 bits per heavy atom. The summed E-state index contributed by atoms with van der Waals surface area (Å²) in [4.78, 5) is 26.4. The fourth-order valence-electron chi connectivity index (χ4n) is 4.19. The smallest absolute Gasteiger partial charge is 0.411 e. The van der Waals surface area contributed by atoms with Crippen molar-refractivity contribution in [2.75, 3.05) is 6.54 Å². The van der Waals surface area contributed by atoms with Gasteiger partial charge in [0.25, 0.3) is 0 Å². The predicted molar refractivity (Wildman–Crippen MR) is 101 cm³/mol. The van der Waals surface area contributed by atoms with Gasteiger partial charge in [-0.25, -0.2) is 9.59 Å². The normalized spacial score (nSPS) is 22.8. The quantitative estimate of drug-likeness (QED) is 0.764. The summed E-state index contributed by atoms with van der Waals surface area (Å²) in [5, 5.41) is 10.0. The van der Waals surface area contributed by atoms with E-state index in [4.69, 9.17) is 4.74 Å². The minimum absolute atomic E-state index is 0.154. The Hall–Kier alpha value is -2.04. The minimum Gasteiger partial charge on any atom is -0.479 e. The highest BCUT2D eigenvalue weighted by Gasteiger charge is 2.49. The zero-order chi connectivity index (χ0) is 19.2. The van der Waals surface area contributed by atoms with Crippen LogP contribution in [0.2, 0.25) is 0 Å².